The summed E-state index contributed by atoms with van der Waals surface area (Å²) in [5, 5.41) is 0. The van der Waals surface area contributed by atoms with Gasteiger partial charge in [0, 0.05) is 0 Å². The van der Waals surface area contributed by atoms with Gasteiger partial charge < -0.3 is 21.9 Å². The van der Waals surface area contributed by atoms with E-state index >= 15 is 0 Å². The van der Waals surface area contributed by atoms with E-state index < -0.39 is 0 Å². The quantitative estimate of drug-likeness (QED) is 0.412. The molecule has 0 saturated carbocycles. The molecule has 0 aliphatic heterocycles. The Morgan fingerprint density at radius 1 is 1.32 bits per heavy atom. The molecule has 0 amide bonds. The SMILES string of the molecule is CCOC(=O)c1ccc(N=C(N)N=C(N)N)c(C)c1. The molecule has 0 atom stereocenters. The third kappa shape index (κ3) is 4.30. The van der Waals surface area contributed by atoms with E-state index in [-0.39, 0.29) is 17.9 Å². The van der Waals surface area contributed by atoms with E-state index in [1.54, 1.807) is 32.0 Å². The molecular formula is C12H17N5O2. The lowest BCUT2D eigenvalue weighted by Gasteiger charge is -2.05. The van der Waals surface area contributed by atoms with Gasteiger partial charge in [0.2, 0.25) is 5.96 Å². The molecule has 0 aliphatic rings. The van der Waals surface area contributed by atoms with E-state index in [1.165, 1.54) is 0 Å². The molecule has 6 N–H and O–H groups in total. The molecule has 102 valence electrons. The van der Waals surface area contributed by atoms with Crippen molar-refractivity contribution in [2.75, 3.05) is 6.61 Å². The Morgan fingerprint density at radius 3 is 2.53 bits per heavy atom. The van der Waals surface area contributed by atoms with Gasteiger partial charge in [0.25, 0.3) is 0 Å². The molecule has 1 aromatic rings. The summed E-state index contributed by atoms with van der Waals surface area (Å²) in [7, 11) is 0. The van der Waals surface area contributed by atoms with Crippen LogP contribution in [-0.4, -0.2) is 24.5 Å². The van der Waals surface area contributed by atoms with Crippen LogP contribution >= 0.6 is 0 Å². The van der Waals surface area contributed by atoms with Crippen LogP contribution in [0.5, 0.6) is 0 Å². The fourth-order valence-corrected chi connectivity index (χ4v) is 1.40. The summed E-state index contributed by atoms with van der Waals surface area (Å²) in [6, 6.07) is 4.92. The molecule has 0 aliphatic carbocycles. The van der Waals surface area contributed by atoms with Crippen LogP contribution in [0.4, 0.5) is 5.69 Å². The Morgan fingerprint density at radius 2 is 2.00 bits per heavy atom. The predicted molar refractivity (Wildman–Crippen MR) is 74.2 cm³/mol. The molecule has 19 heavy (non-hydrogen) atoms. The van der Waals surface area contributed by atoms with Crippen molar-refractivity contribution in [3.8, 4) is 0 Å². The number of rotatable bonds is 3. The van der Waals surface area contributed by atoms with Crippen molar-refractivity contribution in [2.45, 2.75) is 13.8 Å². The van der Waals surface area contributed by atoms with E-state index in [1.807, 2.05) is 0 Å². The number of hydrogen-bond acceptors (Lipinski definition) is 3. The summed E-state index contributed by atoms with van der Waals surface area (Å²) in [6.45, 7) is 3.87. The van der Waals surface area contributed by atoms with Gasteiger partial charge in [-0.2, -0.15) is 4.99 Å². The molecule has 0 aromatic heterocycles. The number of nitrogens with two attached hydrogens (primary N) is 3. The van der Waals surface area contributed by atoms with Crippen molar-refractivity contribution in [3.63, 3.8) is 0 Å². The highest BCUT2D eigenvalue weighted by Gasteiger charge is 2.08. The standard InChI is InChI=1S/C12H17N5O2/c1-3-19-10(18)8-4-5-9(7(2)6-8)16-12(15)17-11(13)14/h4-6H,3H2,1-2H3,(H6,13,14,15,16,17). The van der Waals surface area contributed by atoms with Crippen molar-refractivity contribution < 1.29 is 9.53 Å². The van der Waals surface area contributed by atoms with Crippen LogP contribution in [0.1, 0.15) is 22.8 Å². The number of guanidine groups is 2. The van der Waals surface area contributed by atoms with Gasteiger partial charge in [0.1, 0.15) is 0 Å². The van der Waals surface area contributed by atoms with E-state index in [0.717, 1.165) is 5.56 Å². The normalized spacial score (nSPS) is 10.9. The van der Waals surface area contributed by atoms with Gasteiger partial charge in [-0.3, -0.25) is 0 Å². The molecular weight excluding hydrogens is 246 g/mol. The Hall–Kier alpha value is -2.57. The number of benzene rings is 1. The van der Waals surface area contributed by atoms with Gasteiger partial charge in [-0.15, -0.1) is 0 Å². The minimum absolute atomic E-state index is 0.0491. The predicted octanol–water partition coefficient (Wildman–Crippen LogP) is 0.391. The zero-order valence-electron chi connectivity index (χ0n) is 10.9. The fraction of sp³-hybridized carbons (Fsp3) is 0.250. The average molecular weight is 263 g/mol. The third-order valence-electron chi connectivity index (χ3n) is 2.19. The van der Waals surface area contributed by atoms with Crippen LogP contribution in [0.15, 0.2) is 28.2 Å². The minimum Gasteiger partial charge on any atom is -0.462 e. The highest BCUT2D eigenvalue weighted by Crippen LogP contribution is 2.20. The van der Waals surface area contributed by atoms with Crippen LogP contribution < -0.4 is 17.2 Å². The van der Waals surface area contributed by atoms with E-state index in [0.29, 0.717) is 17.9 Å². The molecule has 7 nitrogen and oxygen atoms in total. The van der Waals surface area contributed by atoms with Crippen molar-refractivity contribution in [2.24, 2.45) is 27.2 Å². The molecule has 1 rings (SSSR count). The first-order valence-electron chi connectivity index (χ1n) is 5.65. The number of ether oxygens (including phenoxy) is 1. The number of esters is 1. The van der Waals surface area contributed by atoms with E-state index in [4.69, 9.17) is 21.9 Å². The molecule has 0 unspecified atom stereocenters. The van der Waals surface area contributed by atoms with Gasteiger partial charge in [0.15, 0.2) is 5.96 Å². The summed E-state index contributed by atoms with van der Waals surface area (Å²) in [5.74, 6) is -0.590. The fourth-order valence-electron chi connectivity index (χ4n) is 1.40. The van der Waals surface area contributed by atoms with Crippen molar-refractivity contribution >= 4 is 23.6 Å². The third-order valence-corrected chi connectivity index (χ3v) is 2.19. The van der Waals surface area contributed by atoms with Gasteiger partial charge in [0.05, 0.1) is 17.9 Å². The van der Waals surface area contributed by atoms with Crippen LogP contribution in [0.2, 0.25) is 0 Å². The average Bonchev–Trinajstić information content (AvgIpc) is 2.31. The van der Waals surface area contributed by atoms with Gasteiger partial charge in [-0.1, -0.05) is 0 Å². The second-order valence-electron chi connectivity index (χ2n) is 3.73. The Kier molecular flexibility index (Phi) is 4.87. The zero-order valence-corrected chi connectivity index (χ0v) is 10.9. The number of carbonyl (C=O) groups is 1. The van der Waals surface area contributed by atoms with Crippen LogP contribution in [0.25, 0.3) is 0 Å². The molecule has 0 saturated heterocycles. The number of hydrogen-bond donors (Lipinski definition) is 3. The first-order valence-corrected chi connectivity index (χ1v) is 5.65. The second-order valence-corrected chi connectivity index (χ2v) is 3.73. The first-order chi connectivity index (χ1) is 8.93. The largest absolute Gasteiger partial charge is 0.462 e. The van der Waals surface area contributed by atoms with Crippen molar-refractivity contribution in [1.29, 1.82) is 0 Å². The smallest absolute Gasteiger partial charge is 0.338 e. The van der Waals surface area contributed by atoms with E-state index in [2.05, 4.69) is 9.98 Å². The molecule has 0 heterocycles. The molecule has 7 heteroatoms. The minimum atomic E-state index is -0.377. The second kappa shape index (κ2) is 6.39. The number of nitrogens with zero attached hydrogens (tertiary/aromatic N) is 2. The molecule has 0 spiro atoms. The summed E-state index contributed by atoms with van der Waals surface area (Å²) < 4.78 is 4.90. The number of aliphatic imine (C=N–C) groups is 2. The molecule has 0 bridgehead atoms. The van der Waals surface area contributed by atoms with Gasteiger partial charge in [-0.25, -0.2) is 9.79 Å². The maximum Gasteiger partial charge on any atom is 0.338 e. The van der Waals surface area contributed by atoms with Crippen LogP contribution in [0.3, 0.4) is 0 Å². The number of aryl methyl sites for hydroxylation is 1. The Balaban J connectivity index is 3.01. The number of carbonyl (C=O) groups excluding carboxylic acids is 1. The Labute approximate surface area is 111 Å². The lowest BCUT2D eigenvalue weighted by molar-refractivity contribution is 0.0526. The van der Waals surface area contributed by atoms with E-state index in [9.17, 15) is 4.79 Å². The summed E-state index contributed by atoms with van der Waals surface area (Å²) in [5.41, 5.74) is 17.7. The maximum absolute atomic E-state index is 11.5. The van der Waals surface area contributed by atoms with Crippen molar-refractivity contribution in [3.05, 3.63) is 29.3 Å². The highest BCUT2D eigenvalue weighted by molar-refractivity contribution is 5.94. The van der Waals surface area contributed by atoms with Crippen LogP contribution in [-0.2, 0) is 4.74 Å². The summed E-state index contributed by atoms with van der Waals surface area (Å²) in [6.07, 6.45) is 0. The van der Waals surface area contributed by atoms with Gasteiger partial charge in [-0.05, 0) is 37.6 Å². The van der Waals surface area contributed by atoms with Crippen LogP contribution in [0, 0.1) is 6.92 Å². The monoisotopic (exact) mass is 263 g/mol. The lowest BCUT2D eigenvalue weighted by Crippen LogP contribution is -2.26. The topological polar surface area (TPSA) is 129 Å². The highest BCUT2D eigenvalue weighted by atomic mass is 16.5. The molecule has 1 aromatic carbocycles. The Bertz CT molecular complexity index is 533. The first kappa shape index (κ1) is 14.5. The summed E-state index contributed by atoms with van der Waals surface area (Å²) >= 11 is 0. The molecule has 0 fully saturated rings. The van der Waals surface area contributed by atoms with Crippen molar-refractivity contribution in [1.82, 2.24) is 0 Å². The summed E-state index contributed by atoms with van der Waals surface area (Å²) in [4.78, 5) is 19.2. The molecule has 0 radical (unpaired) electrons. The van der Waals surface area contributed by atoms with Gasteiger partial charge >= 0.3 is 5.97 Å². The maximum atomic E-state index is 11.5. The zero-order chi connectivity index (χ0) is 14.4. The lowest BCUT2D eigenvalue weighted by atomic mass is 10.1.